The summed E-state index contributed by atoms with van der Waals surface area (Å²) in [6, 6.07) is 11.9. The van der Waals surface area contributed by atoms with Crippen LogP contribution in [0.1, 0.15) is 6.42 Å². The second-order valence-electron chi connectivity index (χ2n) is 7.57. The molecule has 1 fully saturated rings. The number of urea groups is 1. The number of halogens is 1. The number of alkyl halides is 1. The Hall–Kier alpha value is -3.44. The van der Waals surface area contributed by atoms with Gasteiger partial charge in [0, 0.05) is 18.0 Å². The van der Waals surface area contributed by atoms with Crippen molar-refractivity contribution < 1.29 is 22.4 Å². The third-order valence-corrected chi connectivity index (χ3v) is 7.51. The summed E-state index contributed by atoms with van der Waals surface area (Å²) >= 11 is 0. The number of likely N-dealkylation sites (tertiary alicyclic amines) is 1. The number of fused-ring (bicyclic) bond motifs is 1. The zero-order valence-electron chi connectivity index (χ0n) is 16.9. The number of anilines is 1. The van der Waals surface area contributed by atoms with Gasteiger partial charge in [0.15, 0.2) is 9.84 Å². The van der Waals surface area contributed by atoms with Crippen molar-refractivity contribution in [1.29, 1.82) is 0 Å². The van der Waals surface area contributed by atoms with Gasteiger partial charge in [0.2, 0.25) is 0 Å². The Morgan fingerprint density at radius 2 is 1.75 bits per heavy atom. The van der Waals surface area contributed by atoms with E-state index in [1.807, 2.05) is 0 Å². The number of amides is 3. The maximum absolute atomic E-state index is 14.3. The number of aromatic nitrogens is 1. The van der Waals surface area contributed by atoms with Gasteiger partial charge in [-0.2, -0.15) is 0 Å². The molecule has 11 heteroatoms. The van der Waals surface area contributed by atoms with Crippen molar-refractivity contribution in [2.45, 2.75) is 28.9 Å². The molecule has 3 atom stereocenters. The lowest BCUT2D eigenvalue weighted by molar-refractivity contribution is 0.202. The number of carbonyl (C=O) groups is 2. The summed E-state index contributed by atoms with van der Waals surface area (Å²) in [6.07, 6.45) is -0.262. The fraction of sp³-hybridized carbons (Fsp3) is 0.238. The Kier molecular flexibility index (Phi) is 5.61. The van der Waals surface area contributed by atoms with E-state index in [-0.39, 0.29) is 23.5 Å². The van der Waals surface area contributed by atoms with Gasteiger partial charge in [-0.1, -0.05) is 36.4 Å². The van der Waals surface area contributed by atoms with Gasteiger partial charge >= 0.3 is 12.1 Å². The Labute approximate surface area is 183 Å². The van der Waals surface area contributed by atoms with Gasteiger partial charge in [0.1, 0.15) is 11.5 Å². The summed E-state index contributed by atoms with van der Waals surface area (Å²) in [7, 11) is -4.00. The third-order valence-electron chi connectivity index (χ3n) is 5.55. The summed E-state index contributed by atoms with van der Waals surface area (Å²) in [4.78, 5) is 25.9. The number of hydrogen-bond acceptors (Lipinski definition) is 5. The van der Waals surface area contributed by atoms with Crippen LogP contribution in [0.15, 0.2) is 65.7 Å². The standard InChI is InChI=1S/C21H22FN5O4S/c22-13-10-18(19(23)32(30,31)14-6-2-1-3-7-14)27(11-13)21(29)25-16-12-26(20(24)28)17-9-5-4-8-15(16)17/h1-9,12-13,18-19H,10-11,23H2,(H2,24,28)(H,25,29)/t13-,18+,19?/m1/s1. The number of nitrogens with zero attached hydrogens (tertiary/aromatic N) is 2. The van der Waals surface area contributed by atoms with E-state index in [4.69, 9.17) is 11.5 Å². The molecule has 4 rings (SSSR count). The Morgan fingerprint density at radius 1 is 1.09 bits per heavy atom. The zero-order chi connectivity index (χ0) is 23.0. The average Bonchev–Trinajstić information content (AvgIpc) is 3.35. The van der Waals surface area contributed by atoms with E-state index < -0.39 is 39.5 Å². The molecule has 1 aliphatic heterocycles. The number of rotatable bonds is 4. The molecule has 0 spiro atoms. The molecule has 3 aromatic rings. The highest BCUT2D eigenvalue weighted by Crippen LogP contribution is 2.30. The van der Waals surface area contributed by atoms with Crippen LogP contribution in [-0.2, 0) is 9.84 Å². The van der Waals surface area contributed by atoms with Crippen molar-refractivity contribution in [2.24, 2.45) is 11.5 Å². The van der Waals surface area contributed by atoms with E-state index in [1.165, 1.54) is 22.9 Å². The predicted molar refractivity (Wildman–Crippen MR) is 118 cm³/mol. The van der Waals surface area contributed by atoms with Crippen LogP contribution >= 0.6 is 0 Å². The minimum absolute atomic E-state index is 0.000282. The highest BCUT2D eigenvalue weighted by atomic mass is 32.2. The van der Waals surface area contributed by atoms with Gasteiger partial charge < -0.3 is 21.7 Å². The molecule has 2 heterocycles. The lowest BCUT2D eigenvalue weighted by atomic mass is 10.2. The number of benzene rings is 2. The Morgan fingerprint density at radius 3 is 2.44 bits per heavy atom. The van der Waals surface area contributed by atoms with Gasteiger partial charge in [0.05, 0.1) is 28.7 Å². The van der Waals surface area contributed by atoms with Gasteiger partial charge in [-0.3, -0.25) is 4.57 Å². The molecule has 0 aliphatic carbocycles. The molecular weight excluding hydrogens is 437 g/mol. The number of sulfone groups is 1. The number of nitrogens with one attached hydrogen (secondary N) is 1. The van der Waals surface area contributed by atoms with Gasteiger partial charge in [-0.05, 0) is 18.2 Å². The quantitative estimate of drug-likeness (QED) is 0.549. The van der Waals surface area contributed by atoms with Crippen molar-refractivity contribution in [3.63, 3.8) is 0 Å². The topological polar surface area (TPSA) is 141 Å². The first-order chi connectivity index (χ1) is 15.2. The number of carbonyl (C=O) groups excluding carboxylic acids is 2. The number of hydrogen-bond donors (Lipinski definition) is 3. The first kappa shape index (κ1) is 21.8. The van der Waals surface area contributed by atoms with Crippen LogP contribution in [0, 0.1) is 0 Å². The molecule has 1 aliphatic rings. The van der Waals surface area contributed by atoms with E-state index in [0.29, 0.717) is 10.9 Å². The van der Waals surface area contributed by atoms with Crippen LogP contribution in [-0.4, -0.2) is 54.1 Å². The lowest BCUT2D eigenvalue weighted by Gasteiger charge is -2.28. The largest absolute Gasteiger partial charge is 0.351 e. The van der Waals surface area contributed by atoms with E-state index in [0.717, 1.165) is 4.90 Å². The van der Waals surface area contributed by atoms with Crippen LogP contribution in [0.4, 0.5) is 19.7 Å². The summed E-state index contributed by atoms with van der Waals surface area (Å²) in [5.74, 6) is 0. The highest BCUT2D eigenvalue weighted by molar-refractivity contribution is 7.92. The molecule has 3 amide bonds. The molecule has 0 radical (unpaired) electrons. The smallest absolute Gasteiger partial charge is 0.323 e. The molecule has 32 heavy (non-hydrogen) atoms. The van der Waals surface area contributed by atoms with Crippen molar-refractivity contribution >= 4 is 38.5 Å². The normalized spacial score (nSPS) is 19.8. The van der Waals surface area contributed by atoms with Gasteiger partial charge in [0.25, 0.3) is 0 Å². The third kappa shape index (κ3) is 3.80. The van der Waals surface area contributed by atoms with Crippen LogP contribution in [0.25, 0.3) is 10.9 Å². The van der Waals surface area contributed by atoms with Crippen molar-refractivity contribution in [2.75, 3.05) is 11.9 Å². The maximum Gasteiger partial charge on any atom is 0.323 e. The van der Waals surface area contributed by atoms with Gasteiger partial charge in [-0.25, -0.2) is 22.4 Å². The molecule has 5 N–H and O–H groups in total. The van der Waals surface area contributed by atoms with Gasteiger partial charge in [-0.15, -0.1) is 0 Å². The molecule has 2 aromatic carbocycles. The van der Waals surface area contributed by atoms with Crippen molar-refractivity contribution in [3.8, 4) is 0 Å². The van der Waals surface area contributed by atoms with E-state index in [9.17, 15) is 22.4 Å². The molecule has 9 nitrogen and oxygen atoms in total. The van der Waals surface area contributed by atoms with E-state index >= 15 is 0 Å². The molecule has 1 aromatic heterocycles. The summed E-state index contributed by atoms with van der Waals surface area (Å²) in [6.45, 7) is -0.303. The lowest BCUT2D eigenvalue weighted by Crippen LogP contribution is -2.51. The molecule has 0 bridgehead atoms. The van der Waals surface area contributed by atoms with Crippen LogP contribution < -0.4 is 16.8 Å². The molecule has 168 valence electrons. The minimum atomic E-state index is -4.00. The summed E-state index contributed by atoms with van der Waals surface area (Å²) in [5.41, 5.74) is 12.2. The predicted octanol–water partition coefficient (Wildman–Crippen LogP) is 2.27. The van der Waals surface area contributed by atoms with E-state index in [1.54, 1.807) is 42.5 Å². The SMILES string of the molecule is NC(=O)n1cc(NC(=O)N2C[C@H](F)C[C@H]2C(N)S(=O)(=O)c2ccccc2)c2ccccc21. The monoisotopic (exact) mass is 459 g/mol. The second kappa shape index (κ2) is 8.24. The van der Waals surface area contributed by atoms with Crippen LogP contribution in [0.5, 0.6) is 0 Å². The highest BCUT2D eigenvalue weighted by Gasteiger charge is 2.44. The van der Waals surface area contributed by atoms with Crippen molar-refractivity contribution in [1.82, 2.24) is 9.47 Å². The Balaban J connectivity index is 1.62. The summed E-state index contributed by atoms with van der Waals surface area (Å²) in [5, 5.41) is 1.68. The first-order valence-corrected chi connectivity index (χ1v) is 11.4. The average molecular weight is 460 g/mol. The molecule has 0 saturated carbocycles. The van der Waals surface area contributed by atoms with Crippen molar-refractivity contribution in [3.05, 3.63) is 60.8 Å². The fourth-order valence-corrected chi connectivity index (χ4v) is 5.50. The zero-order valence-corrected chi connectivity index (χ0v) is 17.7. The number of nitrogens with two attached hydrogens (primary N) is 2. The number of primary amides is 1. The minimum Gasteiger partial charge on any atom is -0.351 e. The first-order valence-electron chi connectivity index (χ1n) is 9.86. The molecule has 1 unspecified atom stereocenters. The fourth-order valence-electron chi connectivity index (χ4n) is 3.98. The van der Waals surface area contributed by atoms with Crippen LogP contribution in [0.2, 0.25) is 0 Å². The molecule has 1 saturated heterocycles. The van der Waals surface area contributed by atoms with E-state index in [2.05, 4.69) is 5.32 Å². The maximum atomic E-state index is 14.3. The second-order valence-corrected chi connectivity index (χ2v) is 9.68. The molecular formula is C21H22FN5O4S. The Bertz CT molecular complexity index is 1280. The van der Waals surface area contributed by atoms with Crippen LogP contribution in [0.3, 0.4) is 0 Å². The summed E-state index contributed by atoms with van der Waals surface area (Å²) < 4.78 is 41.4. The number of para-hydroxylation sites is 1.